The van der Waals surface area contributed by atoms with Crippen molar-refractivity contribution in [3.8, 4) is 0 Å². The number of carbonyl (C=O) groups is 3. The molecule has 0 aromatic heterocycles. The molecule has 0 amide bonds. The van der Waals surface area contributed by atoms with Gasteiger partial charge in [-0.1, -0.05) is 24.3 Å². The maximum Gasteiger partial charge on any atom is 0.310 e. The Morgan fingerprint density at radius 1 is 1.17 bits per heavy atom. The minimum Gasteiger partial charge on any atom is -0.465 e. The molecule has 6 rings (SSSR count). The maximum absolute atomic E-state index is 13.0. The number of allylic oxidation sites excluding steroid dienone is 4. The average Bonchev–Trinajstić information content (AvgIpc) is 3.53. The standard InChI is InChI=1S/C25H30O5/c26-20-2-1-3-21(20)30-23(28)19-13-24(6-5-17(19)12-24)25-7-4-15(11-25)8-18(25)9-16-10-22(27)29-14-16/h4-7,15-19,21H,1-3,8-14H2. The van der Waals surface area contributed by atoms with Crippen LogP contribution < -0.4 is 0 Å². The Kier molecular flexibility index (Phi) is 4.11. The van der Waals surface area contributed by atoms with E-state index < -0.39 is 6.10 Å². The average molecular weight is 411 g/mol. The van der Waals surface area contributed by atoms with E-state index >= 15 is 0 Å². The predicted octanol–water partition coefficient (Wildman–Crippen LogP) is 3.77. The molecule has 5 aliphatic carbocycles. The van der Waals surface area contributed by atoms with Gasteiger partial charge in [-0.3, -0.25) is 14.4 Å². The number of hydrogen-bond acceptors (Lipinski definition) is 5. The SMILES string of the molecule is O=C1CC(CC2CC3C=CC2(C24C=CC(C2)C(C(=O)OC2CCCC2=O)C4)C3)CO1. The fourth-order valence-corrected chi connectivity index (χ4v) is 7.88. The van der Waals surface area contributed by atoms with Crippen LogP contribution in [0.5, 0.6) is 0 Å². The summed E-state index contributed by atoms with van der Waals surface area (Å²) in [5, 5.41) is 0. The largest absolute Gasteiger partial charge is 0.465 e. The van der Waals surface area contributed by atoms with Gasteiger partial charge in [0.2, 0.25) is 0 Å². The van der Waals surface area contributed by atoms with Crippen LogP contribution in [-0.2, 0) is 23.9 Å². The van der Waals surface area contributed by atoms with Gasteiger partial charge in [0.05, 0.1) is 18.9 Å². The van der Waals surface area contributed by atoms with Gasteiger partial charge in [-0.2, -0.15) is 0 Å². The second kappa shape index (κ2) is 6.54. The summed E-state index contributed by atoms with van der Waals surface area (Å²) < 4.78 is 10.9. The Morgan fingerprint density at radius 3 is 2.80 bits per heavy atom. The van der Waals surface area contributed by atoms with Crippen molar-refractivity contribution in [1.82, 2.24) is 0 Å². The lowest BCUT2D eigenvalue weighted by atomic mass is 9.56. The van der Waals surface area contributed by atoms with Gasteiger partial charge in [0.15, 0.2) is 11.9 Å². The van der Waals surface area contributed by atoms with Crippen molar-refractivity contribution in [2.45, 2.75) is 63.9 Å². The number of carbonyl (C=O) groups excluding carboxylic acids is 3. The Labute approximate surface area is 177 Å². The quantitative estimate of drug-likeness (QED) is 0.510. The van der Waals surface area contributed by atoms with Crippen LogP contribution in [0.25, 0.3) is 0 Å². The zero-order chi connectivity index (χ0) is 20.5. The molecule has 0 aromatic rings. The highest BCUT2D eigenvalue weighted by Crippen LogP contribution is 2.72. The van der Waals surface area contributed by atoms with Crippen LogP contribution in [0, 0.1) is 40.4 Å². The van der Waals surface area contributed by atoms with Gasteiger partial charge < -0.3 is 9.47 Å². The summed E-state index contributed by atoms with van der Waals surface area (Å²) >= 11 is 0. The van der Waals surface area contributed by atoms with Crippen LogP contribution in [-0.4, -0.2) is 30.4 Å². The van der Waals surface area contributed by atoms with Crippen molar-refractivity contribution >= 4 is 17.7 Å². The molecule has 1 aliphatic heterocycles. The van der Waals surface area contributed by atoms with E-state index in [-0.39, 0.29) is 40.4 Å². The van der Waals surface area contributed by atoms with Gasteiger partial charge >= 0.3 is 11.9 Å². The molecule has 1 saturated heterocycles. The second-order valence-corrected chi connectivity index (χ2v) is 10.8. The van der Waals surface area contributed by atoms with Crippen molar-refractivity contribution < 1.29 is 23.9 Å². The Bertz CT molecular complexity index is 858. The molecule has 8 atom stereocenters. The molecule has 160 valence electrons. The van der Waals surface area contributed by atoms with Gasteiger partial charge in [0, 0.05) is 17.8 Å². The summed E-state index contributed by atoms with van der Waals surface area (Å²) in [5.41, 5.74) is 0.101. The number of ether oxygens (including phenoxy) is 2. The van der Waals surface area contributed by atoms with Gasteiger partial charge in [-0.15, -0.1) is 0 Å². The van der Waals surface area contributed by atoms with E-state index in [9.17, 15) is 14.4 Å². The molecule has 0 N–H and O–H groups in total. The molecule has 30 heavy (non-hydrogen) atoms. The molecule has 0 aromatic carbocycles. The molecule has 5 heteroatoms. The van der Waals surface area contributed by atoms with Crippen LogP contribution in [0.3, 0.4) is 0 Å². The van der Waals surface area contributed by atoms with E-state index in [1.807, 2.05) is 0 Å². The molecule has 6 aliphatic rings. The van der Waals surface area contributed by atoms with Gasteiger partial charge in [0.1, 0.15) is 0 Å². The number of hydrogen-bond donors (Lipinski definition) is 0. The molecule has 4 fully saturated rings. The summed E-state index contributed by atoms with van der Waals surface area (Å²) in [6, 6.07) is 0. The van der Waals surface area contributed by atoms with Gasteiger partial charge in [0.25, 0.3) is 0 Å². The van der Waals surface area contributed by atoms with Gasteiger partial charge in [-0.05, 0) is 68.1 Å². The lowest BCUT2D eigenvalue weighted by Crippen LogP contribution is -2.41. The zero-order valence-corrected chi connectivity index (χ0v) is 17.4. The number of rotatable bonds is 5. The number of esters is 2. The molecule has 1 heterocycles. The first-order valence-electron chi connectivity index (χ1n) is 11.8. The highest BCUT2D eigenvalue weighted by atomic mass is 16.5. The van der Waals surface area contributed by atoms with Crippen molar-refractivity contribution in [2.75, 3.05) is 6.61 Å². The summed E-state index contributed by atoms with van der Waals surface area (Å²) in [4.78, 5) is 36.6. The molecule has 3 saturated carbocycles. The van der Waals surface area contributed by atoms with Crippen molar-refractivity contribution in [1.29, 1.82) is 0 Å². The summed E-state index contributed by atoms with van der Waals surface area (Å²) in [6.45, 7) is 0.565. The lowest BCUT2D eigenvalue weighted by molar-refractivity contribution is -0.158. The Morgan fingerprint density at radius 2 is 2.07 bits per heavy atom. The monoisotopic (exact) mass is 410 g/mol. The van der Waals surface area contributed by atoms with Crippen LogP contribution in [0.4, 0.5) is 0 Å². The van der Waals surface area contributed by atoms with Crippen molar-refractivity contribution in [3.05, 3.63) is 24.3 Å². The highest BCUT2D eigenvalue weighted by molar-refractivity contribution is 5.87. The van der Waals surface area contributed by atoms with Crippen LogP contribution in [0.1, 0.15) is 57.8 Å². The van der Waals surface area contributed by atoms with E-state index in [4.69, 9.17) is 9.47 Å². The predicted molar refractivity (Wildman–Crippen MR) is 108 cm³/mol. The van der Waals surface area contributed by atoms with Crippen LogP contribution in [0.2, 0.25) is 0 Å². The number of Topliss-reactive ketones (excluding diaryl/α,β-unsaturated/α-hetero) is 1. The maximum atomic E-state index is 13.0. The molecule has 8 unspecified atom stereocenters. The zero-order valence-electron chi connectivity index (χ0n) is 17.4. The third kappa shape index (κ3) is 2.63. The van der Waals surface area contributed by atoms with E-state index in [0.29, 0.717) is 43.6 Å². The van der Waals surface area contributed by atoms with Gasteiger partial charge in [-0.25, -0.2) is 0 Å². The third-order valence-corrected chi connectivity index (χ3v) is 9.23. The Balaban J connectivity index is 1.22. The van der Waals surface area contributed by atoms with E-state index in [1.165, 1.54) is 12.8 Å². The molecular formula is C25H30O5. The molecule has 0 radical (unpaired) electrons. The van der Waals surface area contributed by atoms with Crippen molar-refractivity contribution in [2.24, 2.45) is 40.4 Å². The van der Waals surface area contributed by atoms with Crippen molar-refractivity contribution in [3.63, 3.8) is 0 Å². The topological polar surface area (TPSA) is 69.7 Å². The molecule has 4 bridgehead atoms. The fraction of sp³-hybridized carbons (Fsp3) is 0.720. The summed E-state index contributed by atoms with van der Waals surface area (Å²) in [6.07, 6.45) is 16.9. The lowest BCUT2D eigenvalue weighted by Gasteiger charge is -2.47. The first-order chi connectivity index (χ1) is 14.5. The van der Waals surface area contributed by atoms with E-state index in [2.05, 4.69) is 24.3 Å². The highest BCUT2D eigenvalue weighted by Gasteiger charge is 2.65. The number of fused-ring (bicyclic) bond motifs is 5. The Hall–Kier alpha value is -1.91. The fourth-order valence-electron chi connectivity index (χ4n) is 7.88. The normalized spacial score (nSPS) is 48.1. The molecule has 5 nitrogen and oxygen atoms in total. The molecule has 0 spiro atoms. The summed E-state index contributed by atoms with van der Waals surface area (Å²) in [7, 11) is 0. The second-order valence-electron chi connectivity index (χ2n) is 10.8. The number of ketones is 1. The first kappa shape index (κ1) is 18.8. The third-order valence-electron chi connectivity index (χ3n) is 9.23. The smallest absolute Gasteiger partial charge is 0.310 e. The van der Waals surface area contributed by atoms with Crippen LogP contribution >= 0.6 is 0 Å². The minimum atomic E-state index is -0.510. The van der Waals surface area contributed by atoms with Crippen LogP contribution in [0.15, 0.2) is 24.3 Å². The first-order valence-corrected chi connectivity index (χ1v) is 11.8. The minimum absolute atomic E-state index is 0.0108. The molecular weight excluding hydrogens is 380 g/mol. The number of cyclic esters (lactones) is 1. The summed E-state index contributed by atoms with van der Waals surface area (Å²) in [5.74, 6) is 1.47. The van der Waals surface area contributed by atoms with E-state index in [1.54, 1.807) is 0 Å². The van der Waals surface area contributed by atoms with E-state index in [0.717, 1.165) is 25.7 Å².